The molecular weight excluding hydrogens is 260 g/mol. The Bertz CT molecular complexity index is 260. The second-order valence-corrected chi connectivity index (χ2v) is 6.94. The van der Waals surface area contributed by atoms with E-state index in [4.69, 9.17) is 4.74 Å². The zero-order valence-corrected chi connectivity index (χ0v) is 14.9. The molecule has 1 fully saturated rings. The molecule has 1 N–H and O–H groups in total. The molecule has 0 aromatic carbocycles. The molecule has 0 aromatic rings. The Kier molecular flexibility index (Phi) is 9.54. The van der Waals surface area contributed by atoms with Gasteiger partial charge in [0.2, 0.25) is 0 Å². The van der Waals surface area contributed by atoms with Gasteiger partial charge in [-0.05, 0) is 50.6 Å². The minimum atomic E-state index is 0.481. The second kappa shape index (κ2) is 10.6. The molecule has 1 rings (SSSR count). The fraction of sp³-hybridized carbons (Fsp3) is 1.00. The zero-order chi connectivity index (χ0) is 15.6. The van der Waals surface area contributed by atoms with Crippen LogP contribution < -0.4 is 5.32 Å². The Morgan fingerprint density at radius 1 is 1.29 bits per heavy atom. The maximum atomic E-state index is 5.55. The molecule has 1 saturated carbocycles. The number of nitrogens with zero attached hydrogens (tertiary/aromatic N) is 1. The molecule has 3 heteroatoms. The van der Waals surface area contributed by atoms with E-state index in [-0.39, 0.29) is 0 Å². The van der Waals surface area contributed by atoms with Gasteiger partial charge >= 0.3 is 0 Å². The highest BCUT2D eigenvalue weighted by molar-refractivity contribution is 4.89. The predicted molar refractivity (Wildman–Crippen MR) is 91.8 cm³/mol. The summed E-state index contributed by atoms with van der Waals surface area (Å²) in [6, 6.07) is 0. The average Bonchev–Trinajstić information content (AvgIpc) is 2.47. The first-order chi connectivity index (χ1) is 10.2. The number of nitrogens with one attached hydrogen (secondary N) is 1. The molecule has 0 radical (unpaired) electrons. The highest BCUT2D eigenvalue weighted by atomic mass is 16.5. The molecule has 0 bridgehead atoms. The second-order valence-electron chi connectivity index (χ2n) is 6.94. The van der Waals surface area contributed by atoms with Crippen LogP contribution in [0.2, 0.25) is 0 Å². The van der Waals surface area contributed by atoms with E-state index in [1.807, 2.05) is 0 Å². The fourth-order valence-electron chi connectivity index (χ4n) is 3.82. The van der Waals surface area contributed by atoms with Crippen LogP contribution in [0.25, 0.3) is 0 Å². The molecule has 3 nitrogen and oxygen atoms in total. The summed E-state index contributed by atoms with van der Waals surface area (Å²) in [5.74, 6) is 0.882. The summed E-state index contributed by atoms with van der Waals surface area (Å²) in [6.07, 6.45) is 6.82. The Hall–Kier alpha value is -0.120. The number of likely N-dealkylation sites (N-methyl/N-ethyl adjacent to an activating group) is 1. The predicted octanol–water partition coefficient (Wildman–Crippen LogP) is 3.54. The van der Waals surface area contributed by atoms with Crippen LogP contribution in [0.1, 0.15) is 59.8 Å². The van der Waals surface area contributed by atoms with Crippen LogP contribution in [0.15, 0.2) is 0 Å². The molecular formula is C18H38N2O. The number of hydrogen-bond donors (Lipinski definition) is 1. The van der Waals surface area contributed by atoms with Gasteiger partial charge in [0.05, 0.1) is 6.61 Å². The van der Waals surface area contributed by atoms with Gasteiger partial charge in [0.1, 0.15) is 0 Å². The summed E-state index contributed by atoms with van der Waals surface area (Å²) in [4.78, 5) is 2.60. The van der Waals surface area contributed by atoms with E-state index in [9.17, 15) is 0 Å². The van der Waals surface area contributed by atoms with Gasteiger partial charge in [0.15, 0.2) is 0 Å². The van der Waals surface area contributed by atoms with E-state index in [2.05, 4.69) is 37.9 Å². The lowest BCUT2D eigenvalue weighted by molar-refractivity contribution is 0.0584. The Balaban J connectivity index is 2.56. The van der Waals surface area contributed by atoms with Gasteiger partial charge in [-0.25, -0.2) is 0 Å². The van der Waals surface area contributed by atoms with Crippen LogP contribution in [-0.4, -0.2) is 50.8 Å². The fourth-order valence-corrected chi connectivity index (χ4v) is 3.82. The van der Waals surface area contributed by atoms with Gasteiger partial charge < -0.3 is 15.0 Å². The van der Waals surface area contributed by atoms with E-state index >= 15 is 0 Å². The average molecular weight is 299 g/mol. The standard InChI is InChI=1S/C18H38N2O/c1-5-11-19-15-18(10-8-9-17(4)14-18)16-20(6-2)12-13-21-7-3/h17,19H,5-16H2,1-4H3. The lowest BCUT2D eigenvalue weighted by Crippen LogP contribution is -2.47. The van der Waals surface area contributed by atoms with Crippen LogP contribution in [0.3, 0.4) is 0 Å². The third-order valence-corrected chi connectivity index (χ3v) is 4.87. The highest BCUT2D eigenvalue weighted by Crippen LogP contribution is 2.39. The first-order valence-electron chi connectivity index (χ1n) is 9.16. The molecule has 0 aliphatic heterocycles. The summed E-state index contributed by atoms with van der Waals surface area (Å²) in [5, 5.41) is 3.70. The zero-order valence-electron chi connectivity index (χ0n) is 14.9. The molecule has 2 unspecified atom stereocenters. The van der Waals surface area contributed by atoms with Gasteiger partial charge in [-0.15, -0.1) is 0 Å². The monoisotopic (exact) mass is 298 g/mol. The van der Waals surface area contributed by atoms with Gasteiger partial charge in [-0.2, -0.15) is 0 Å². The Morgan fingerprint density at radius 2 is 2.10 bits per heavy atom. The quantitative estimate of drug-likeness (QED) is 0.591. The van der Waals surface area contributed by atoms with E-state index < -0.39 is 0 Å². The third kappa shape index (κ3) is 7.12. The highest BCUT2D eigenvalue weighted by Gasteiger charge is 2.35. The van der Waals surface area contributed by atoms with Crippen molar-refractivity contribution >= 4 is 0 Å². The van der Waals surface area contributed by atoms with Gasteiger partial charge in [-0.3, -0.25) is 0 Å². The largest absolute Gasteiger partial charge is 0.380 e. The minimum Gasteiger partial charge on any atom is -0.380 e. The molecule has 0 amide bonds. The number of ether oxygens (including phenoxy) is 1. The summed E-state index contributed by atoms with van der Waals surface area (Å²) in [5.41, 5.74) is 0.481. The van der Waals surface area contributed by atoms with E-state index in [1.165, 1.54) is 45.2 Å². The smallest absolute Gasteiger partial charge is 0.0593 e. The first kappa shape index (κ1) is 18.9. The van der Waals surface area contributed by atoms with Crippen molar-refractivity contribution in [1.82, 2.24) is 10.2 Å². The summed E-state index contributed by atoms with van der Waals surface area (Å²) in [7, 11) is 0. The van der Waals surface area contributed by atoms with Crippen LogP contribution in [0, 0.1) is 11.3 Å². The summed E-state index contributed by atoms with van der Waals surface area (Å²) >= 11 is 0. The molecule has 0 saturated heterocycles. The Morgan fingerprint density at radius 3 is 2.71 bits per heavy atom. The SMILES string of the molecule is CCCNCC1(CN(CC)CCOCC)CCCC(C)C1. The lowest BCUT2D eigenvalue weighted by atomic mass is 9.69. The maximum absolute atomic E-state index is 5.55. The van der Waals surface area contributed by atoms with E-state index in [0.717, 1.165) is 38.8 Å². The molecule has 1 aliphatic rings. The van der Waals surface area contributed by atoms with Crippen molar-refractivity contribution in [2.24, 2.45) is 11.3 Å². The van der Waals surface area contributed by atoms with E-state index in [0.29, 0.717) is 5.41 Å². The van der Waals surface area contributed by atoms with Crippen molar-refractivity contribution in [2.45, 2.75) is 59.8 Å². The molecule has 0 heterocycles. The van der Waals surface area contributed by atoms with Crippen LogP contribution >= 0.6 is 0 Å². The van der Waals surface area contributed by atoms with Crippen LogP contribution in [0.5, 0.6) is 0 Å². The first-order valence-corrected chi connectivity index (χ1v) is 9.16. The van der Waals surface area contributed by atoms with Crippen molar-refractivity contribution in [1.29, 1.82) is 0 Å². The molecule has 2 atom stereocenters. The van der Waals surface area contributed by atoms with Crippen molar-refractivity contribution in [3.8, 4) is 0 Å². The topological polar surface area (TPSA) is 24.5 Å². The number of hydrogen-bond acceptors (Lipinski definition) is 3. The summed E-state index contributed by atoms with van der Waals surface area (Å²) in [6.45, 7) is 16.5. The molecule has 1 aliphatic carbocycles. The third-order valence-electron chi connectivity index (χ3n) is 4.87. The lowest BCUT2D eigenvalue weighted by Gasteiger charge is -2.43. The maximum Gasteiger partial charge on any atom is 0.0593 e. The Labute approximate surface area is 132 Å². The van der Waals surface area contributed by atoms with E-state index in [1.54, 1.807) is 0 Å². The van der Waals surface area contributed by atoms with Crippen LogP contribution in [-0.2, 0) is 4.74 Å². The van der Waals surface area contributed by atoms with Crippen LogP contribution in [0.4, 0.5) is 0 Å². The van der Waals surface area contributed by atoms with Crippen molar-refractivity contribution in [3.63, 3.8) is 0 Å². The molecule has 21 heavy (non-hydrogen) atoms. The molecule has 126 valence electrons. The number of rotatable bonds is 11. The van der Waals surface area contributed by atoms with Gasteiger partial charge in [-0.1, -0.05) is 33.6 Å². The van der Waals surface area contributed by atoms with Crippen molar-refractivity contribution in [2.75, 3.05) is 45.9 Å². The normalized spacial score (nSPS) is 26.4. The van der Waals surface area contributed by atoms with Crippen molar-refractivity contribution in [3.05, 3.63) is 0 Å². The summed E-state index contributed by atoms with van der Waals surface area (Å²) < 4.78 is 5.55. The molecule has 0 spiro atoms. The molecule has 0 aromatic heterocycles. The van der Waals surface area contributed by atoms with Crippen molar-refractivity contribution < 1.29 is 4.74 Å². The van der Waals surface area contributed by atoms with Gasteiger partial charge in [0, 0.05) is 26.2 Å². The minimum absolute atomic E-state index is 0.481. The van der Waals surface area contributed by atoms with Gasteiger partial charge in [0.25, 0.3) is 0 Å².